The van der Waals surface area contributed by atoms with E-state index in [0.29, 0.717) is 6.92 Å². The third-order valence-electron chi connectivity index (χ3n) is 1.89. The lowest BCUT2D eigenvalue weighted by atomic mass is 9.91. The van der Waals surface area contributed by atoms with Crippen LogP contribution in [0.3, 0.4) is 0 Å². The minimum absolute atomic E-state index is 0.555. The molecule has 0 fully saturated rings. The van der Waals surface area contributed by atoms with Gasteiger partial charge in [-0.05, 0) is 6.92 Å². The van der Waals surface area contributed by atoms with Gasteiger partial charge in [0.25, 0.3) is 0 Å². The third-order valence-corrected chi connectivity index (χ3v) is 2.25. The van der Waals surface area contributed by atoms with Gasteiger partial charge in [-0.15, -0.1) is 0 Å². The molecule has 0 heterocycles. The SMILES string of the molecule is CC1(F)C(F)=C(C#N)C(F)=C(Cl)C1F. The molecule has 1 aliphatic rings. The van der Waals surface area contributed by atoms with Crippen LogP contribution in [-0.4, -0.2) is 11.8 Å². The van der Waals surface area contributed by atoms with Gasteiger partial charge in [-0.25, -0.2) is 17.6 Å². The topological polar surface area (TPSA) is 23.8 Å². The van der Waals surface area contributed by atoms with Crippen LogP contribution in [-0.2, 0) is 0 Å². The lowest BCUT2D eigenvalue weighted by molar-refractivity contribution is 0.0989. The summed E-state index contributed by atoms with van der Waals surface area (Å²) in [5.41, 5.74) is -4.27. The maximum Gasteiger partial charge on any atom is 0.196 e. The molecule has 76 valence electrons. The summed E-state index contributed by atoms with van der Waals surface area (Å²) in [5, 5.41) is 7.18. The van der Waals surface area contributed by atoms with Gasteiger partial charge in [0.15, 0.2) is 23.5 Å². The monoisotopic (exact) mass is 225 g/mol. The summed E-state index contributed by atoms with van der Waals surface area (Å²) in [6.45, 7) is 0.555. The van der Waals surface area contributed by atoms with Crippen molar-refractivity contribution in [2.24, 2.45) is 0 Å². The summed E-state index contributed by atoms with van der Waals surface area (Å²) in [4.78, 5) is 0. The van der Waals surface area contributed by atoms with E-state index in [4.69, 9.17) is 16.9 Å². The number of hydrogen-bond donors (Lipinski definition) is 0. The van der Waals surface area contributed by atoms with Crippen molar-refractivity contribution in [2.45, 2.75) is 18.8 Å². The minimum Gasteiger partial charge on any atom is -0.237 e. The Morgan fingerprint density at radius 3 is 2.43 bits per heavy atom. The van der Waals surface area contributed by atoms with Gasteiger partial charge < -0.3 is 0 Å². The molecule has 1 nitrogen and oxygen atoms in total. The highest BCUT2D eigenvalue weighted by Gasteiger charge is 2.48. The Bertz CT molecular complexity index is 377. The Morgan fingerprint density at radius 1 is 1.50 bits per heavy atom. The molecule has 0 aromatic rings. The molecule has 1 rings (SSSR count). The van der Waals surface area contributed by atoms with E-state index >= 15 is 0 Å². The number of nitriles is 1. The van der Waals surface area contributed by atoms with Crippen LogP contribution in [0.5, 0.6) is 0 Å². The zero-order valence-electron chi connectivity index (χ0n) is 6.91. The molecule has 0 aromatic heterocycles. The van der Waals surface area contributed by atoms with Crippen LogP contribution in [0.1, 0.15) is 6.92 Å². The highest BCUT2D eigenvalue weighted by molar-refractivity contribution is 6.31. The maximum atomic E-state index is 13.3. The highest BCUT2D eigenvalue weighted by Crippen LogP contribution is 2.44. The lowest BCUT2D eigenvalue weighted by Crippen LogP contribution is -2.36. The fourth-order valence-corrected chi connectivity index (χ4v) is 1.32. The molecule has 2 atom stereocenters. The summed E-state index contributed by atoms with van der Waals surface area (Å²) in [5.74, 6) is -3.32. The van der Waals surface area contributed by atoms with E-state index in [9.17, 15) is 17.6 Å². The van der Waals surface area contributed by atoms with Crippen LogP contribution in [0.25, 0.3) is 0 Å². The number of rotatable bonds is 0. The van der Waals surface area contributed by atoms with Crippen molar-refractivity contribution in [3.8, 4) is 6.07 Å². The first kappa shape index (κ1) is 11.1. The molecule has 0 saturated carbocycles. The first-order valence-corrected chi connectivity index (χ1v) is 3.90. The molecule has 1 aliphatic carbocycles. The molecular weight excluding hydrogens is 222 g/mol. The molecule has 6 heteroatoms. The summed E-state index contributed by atoms with van der Waals surface area (Å²) in [6.07, 6.45) is -2.62. The van der Waals surface area contributed by atoms with Crippen LogP contribution in [0.15, 0.2) is 22.3 Å². The fourth-order valence-electron chi connectivity index (χ4n) is 1.02. The normalized spacial score (nSPS) is 33.4. The van der Waals surface area contributed by atoms with Crippen LogP contribution in [0, 0.1) is 11.3 Å². The maximum absolute atomic E-state index is 13.3. The first-order chi connectivity index (χ1) is 6.34. The second kappa shape index (κ2) is 3.28. The average molecular weight is 226 g/mol. The Balaban J connectivity index is 3.44. The van der Waals surface area contributed by atoms with E-state index < -0.39 is 34.1 Å². The van der Waals surface area contributed by atoms with Crippen molar-refractivity contribution in [3.05, 3.63) is 22.3 Å². The molecule has 0 radical (unpaired) electrons. The van der Waals surface area contributed by atoms with Crippen molar-refractivity contribution in [1.82, 2.24) is 0 Å². The summed E-state index contributed by atoms with van der Waals surface area (Å²) < 4.78 is 52.2. The molecule has 0 bridgehead atoms. The van der Waals surface area contributed by atoms with E-state index in [1.165, 1.54) is 0 Å². The van der Waals surface area contributed by atoms with Crippen LogP contribution < -0.4 is 0 Å². The van der Waals surface area contributed by atoms with Crippen molar-refractivity contribution >= 4 is 11.6 Å². The van der Waals surface area contributed by atoms with Crippen molar-refractivity contribution < 1.29 is 17.6 Å². The number of allylic oxidation sites excluding steroid dienone is 4. The van der Waals surface area contributed by atoms with Crippen molar-refractivity contribution in [2.75, 3.05) is 0 Å². The van der Waals surface area contributed by atoms with E-state index in [1.54, 1.807) is 0 Å². The molecule has 2 unspecified atom stereocenters. The highest BCUT2D eigenvalue weighted by atomic mass is 35.5. The largest absolute Gasteiger partial charge is 0.237 e. The van der Waals surface area contributed by atoms with Gasteiger partial charge in [-0.1, -0.05) is 11.6 Å². The van der Waals surface area contributed by atoms with Crippen molar-refractivity contribution in [3.63, 3.8) is 0 Å². The smallest absolute Gasteiger partial charge is 0.196 e. The van der Waals surface area contributed by atoms with Gasteiger partial charge in [0, 0.05) is 0 Å². The summed E-state index contributed by atoms with van der Waals surface area (Å²) in [7, 11) is 0. The van der Waals surface area contributed by atoms with E-state index in [1.807, 2.05) is 0 Å². The van der Waals surface area contributed by atoms with Gasteiger partial charge in [0.05, 0.1) is 5.03 Å². The number of hydrogen-bond acceptors (Lipinski definition) is 1. The molecular formula is C8H4ClF4N. The van der Waals surface area contributed by atoms with Crippen LogP contribution in [0.4, 0.5) is 17.6 Å². The number of alkyl halides is 2. The predicted octanol–water partition coefficient (Wildman–Crippen LogP) is 3.23. The minimum atomic E-state index is -3.09. The summed E-state index contributed by atoms with van der Waals surface area (Å²) >= 11 is 5.08. The van der Waals surface area contributed by atoms with E-state index in [0.717, 1.165) is 6.07 Å². The predicted molar refractivity (Wildman–Crippen MR) is 42.1 cm³/mol. The van der Waals surface area contributed by atoms with Gasteiger partial charge in [0.2, 0.25) is 0 Å². The quantitative estimate of drug-likeness (QED) is 0.581. The van der Waals surface area contributed by atoms with E-state index in [-0.39, 0.29) is 0 Å². The Morgan fingerprint density at radius 2 is 2.00 bits per heavy atom. The Labute approximate surface area is 82.3 Å². The first-order valence-electron chi connectivity index (χ1n) is 3.53. The molecule has 0 aromatic carbocycles. The van der Waals surface area contributed by atoms with E-state index in [2.05, 4.69) is 0 Å². The van der Waals surface area contributed by atoms with Gasteiger partial charge in [-0.2, -0.15) is 5.26 Å². The van der Waals surface area contributed by atoms with Crippen molar-refractivity contribution in [1.29, 1.82) is 5.26 Å². The molecule has 0 spiro atoms. The second-order valence-electron chi connectivity index (χ2n) is 2.90. The lowest BCUT2D eigenvalue weighted by Gasteiger charge is -2.26. The summed E-state index contributed by atoms with van der Waals surface area (Å²) in [6, 6.07) is 1.09. The molecule has 14 heavy (non-hydrogen) atoms. The van der Waals surface area contributed by atoms with Crippen LogP contribution >= 0.6 is 11.6 Å². The Kier molecular flexibility index (Phi) is 2.59. The van der Waals surface area contributed by atoms with Gasteiger partial charge in [0.1, 0.15) is 11.6 Å². The Hall–Kier alpha value is -1.02. The number of halogens is 5. The zero-order chi connectivity index (χ0) is 11.1. The fraction of sp³-hybridized carbons (Fsp3) is 0.375. The van der Waals surface area contributed by atoms with Crippen LogP contribution in [0.2, 0.25) is 0 Å². The molecule has 0 amide bonds. The molecule has 0 N–H and O–H groups in total. The average Bonchev–Trinajstić information content (AvgIpc) is 2.14. The molecule has 0 aliphatic heterocycles. The van der Waals surface area contributed by atoms with Gasteiger partial charge in [-0.3, -0.25) is 0 Å². The second-order valence-corrected chi connectivity index (χ2v) is 3.31. The molecule has 0 saturated heterocycles. The van der Waals surface area contributed by atoms with Gasteiger partial charge >= 0.3 is 0 Å². The third kappa shape index (κ3) is 1.30. The zero-order valence-corrected chi connectivity index (χ0v) is 7.67. The number of nitrogens with zero attached hydrogens (tertiary/aromatic N) is 1. The standard InChI is InChI=1S/C8H4ClF4N/c1-8(13)6(11)3(2-14)5(10)4(9)7(8)12/h7H,1H3.